The molecule has 19 heavy (non-hydrogen) atoms. The fourth-order valence-electron chi connectivity index (χ4n) is 2.50. The second-order valence-corrected chi connectivity index (χ2v) is 8.20. The fourth-order valence-corrected chi connectivity index (χ4v) is 3.92. The lowest BCUT2D eigenvalue weighted by atomic mass is 9.74. The Labute approximate surface area is 127 Å². The van der Waals surface area contributed by atoms with Gasteiger partial charge in [0.1, 0.15) is 0 Å². The first kappa shape index (κ1) is 15.0. The van der Waals surface area contributed by atoms with Gasteiger partial charge in [0.25, 0.3) is 0 Å². The number of piperidine rings is 1. The Balaban J connectivity index is 1.90. The molecule has 1 aliphatic heterocycles. The van der Waals surface area contributed by atoms with Crippen LogP contribution in [0.15, 0.2) is 15.9 Å². The van der Waals surface area contributed by atoms with Gasteiger partial charge in [0.05, 0.1) is 10.3 Å². The van der Waals surface area contributed by atoms with Gasteiger partial charge in [-0.3, -0.25) is 4.79 Å². The Kier molecular flexibility index (Phi) is 5.03. The van der Waals surface area contributed by atoms with Crippen LogP contribution in [0.4, 0.5) is 0 Å². The number of amides is 1. The van der Waals surface area contributed by atoms with E-state index >= 15 is 0 Å². The number of halogens is 1. The van der Waals surface area contributed by atoms with Crippen molar-refractivity contribution in [3.63, 3.8) is 0 Å². The highest BCUT2D eigenvalue weighted by Gasteiger charge is 2.36. The molecule has 0 saturated carbocycles. The maximum absolute atomic E-state index is 12.4. The first-order valence-electron chi connectivity index (χ1n) is 6.73. The lowest BCUT2D eigenvalue weighted by Gasteiger charge is -2.36. The van der Waals surface area contributed by atoms with E-state index in [0.717, 1.165) is 23.3 Å². The van der Waals surface area contributed by atoms with Gasteiger partial charge in [-0.15, -0.1) is 11.3 Å². The van der Waals surface area contributed by atoms with E-state index in [2.05, 4.69) is 40.4 Å². The van der Waals surface area contributed by atoms with Gasteiger partial charge >= 0.3 is 0 Å². The van der Waals surface area contributed by atoms with Gasteiger partial charge in [-0.05, 0) is 59.9 Å². The number of hydrogen-bond donors (Lipinski definition) is 2. The van der Waals surface area contributed by atoms with Gasteiger partial charge in [-0.25, -0.2) is 0 Å². The van der Waals surface area contributed by atoms with Crippen molar-refractivity contribution in [1.29, 1.82) is 0 Å². The van der Waals surface area contributed by atoms with E-state index < -0.39 is 0 Å². The monoisotopic (exact) mass is 344 g/mol. The number of rotatable bonds is 4. The standard InChI is InChI=1S/C14H21BrN2OS/c1-14(2,10-4-3-7-16-8-10)13(18)17-9-11-5-6-12(15)19-11/h5-6,10,16H,3-4,7-9H2,1-2H3,(H,17,18). The quantitative estimate of drug-likeness (QED) is 0.880. The smallest absolute Gasteiger partial charge is 0.226 e. The van der Waals surface area contributed by atoms with Crippen molar-refractivity contribution in [1.82, 2.24) is 10.6 Å². The summed E-state index contributed by atoms with van der Waals surface area (Å²) < 4.78 is 1.10. The van der Waals surface area contributed by atoms with Crippen molar-refractivity contribution < 1.29 is 4.79 Å². The Morgan fingerprint density at radius 1 is 1.58 bits per heavy atom. The van der Waals surface area contributed by atoms with Crippen LogP contribution < -0.4 is 10.6 Å². The normalized spacial score (nSPS) is 20.3. The third kappa shape index (κ3) is 3.80. The molecule has 0 spiro atoms. The van der Waals surface area contributed by atoms with Crippen LogP contribution in [-0.4, -0.2) is 19.0 Å². The summed E-state index contributed by atoms with van der Waals surface area (Å²) in [4.78, 5) is 13.6. The molecule has 3 nitrogen and oxygen atoms in total. The van der Waals surface area contributed by atoms with E-state index in [0.29, 0.717) is 12.5 Å². The second-order valence-electron chi connectivity index (χ2n) is 5.65. The van der Waals surface area contributed by atoms with Crippen LogP contribution in [0.5, 0.6) is 0 Å². The molecule has 2 heterocycles. The highest BCUT2D eigenvalue weighted by molar-refractivity contribution is 9.11. The highest BCUT2D eigenvalue weighted by atomic mass is 79.9. The van der Waals surface area contributed by atoms with Crippen LogP contribution in [0.2, 0.25) is 0 Å². The summed E-state index contributed by atoms with van der Waals surface area (Å²) in [6.07, 6.45) is 2.30. The zero-order valence-corrected chi connectivity index (χ0v) is 13.9. The molecule has 1 aromatic rings. The lowest BCUT2D eigenvalue weighted by molar-refractivity contribution is -0.132. The van der Waals surface area contributed by atoms with Crippen LogP contribution in [0.25, 0.3) is 0 Å². The maximum atomic E-state index is 12.4. The van der Waals surface area contributed by atoms with Gasteiger partial charge in [-0.1, -0.05) is 13.8 Å². The van der Waals surface area contributed by atoms with Gasteiger partial charge in [-0.2, -0.15) is 0 Å². The van der Waals surface area contributed by atoms with E-state index in [1.165, 1.54) is 11.3 Å². The van der Waals surface area contributed by atoms with E-state index in [-0.39, 0.29) is 11.3 Å². The molecule has 1 amide bonds. The third-order valence-electron chi connectivity index (χ3n) is 3.95. The molecule has 1 unspecified atom stereocenters. The zero-order chi connectivity index (χ0) is 13.9. The van der Waals surface area contributed by atoms with Crippen LogP contribution >= 0.6 is 27.3 Å². The molecule has 0 aliphatic carbocycles. The Morgan fingerprint density at radius 2 is 2.37 bits per heavy atom. The summed E-state index contributed by atoms with van der Waals surface area (Å²) in [5, 5.41) is 6.46. The summed E-state index contributed by atoms with van der Waals surface area (Å²) in [7, 11) is 0. The number of carbonyl (C=O) groups is 1. The molecule has 1 aromatic heterocycles. The molecular weight excluding hydrogens is 324 g/mol. The number of nitrogens with one attached hydrogen (secondary N) is 2. The summed E-state index contributed by atoms with van der Waals surface area (Å²) >= 11 is 5.10. The van der Waals surface area contributed by atoms with Crippen molar-refractivity contribution in [3.8, 4) is 0 Å². The predicted molar refractivity (Wildman–Crippen MR) is 83.2 cm³/mol. The molecule has 1 fully saturated rings. The molecule has 2 rings (SSSR count). The van der Waals surface area contributed by atoms with Gasteiger partial charge in [0.2, 0.25) is 5.91 Å². The molecule has 5 heteroatoms. The molecule has 106 valence electrons. The summed E-state index contributed by atoms with van der Waals surface area (Å²) in [6.45, 7) is 6.77. The molecule has 1 aliphatic rings. The number of hydrogen-bond acceptors (Lipinski definition) is 3. The third-order valence-corrected chi connectivity index (χ3v) is 5.58. The lowest BCUT2D eigenvalue weighted by Crippen LogP contribution is -2.47. The SMILES string of the molecule is CC(C)(C(=O)NCc1ccc(Br)s1)C1CCCNC1. The van der Waals surface area contributed by atoms with Crippen LogP contribution in [0.3, 0.4) is 0 Å². The topological polar surface area (TPSA) is 41.1 Å². The Bertz CT molecular complexity index is 438. The van der Waals surface area contributed by atoms with Crippen molar-refractivity contribution in [3.05, 3.63) is 20.8 Å². The predicted octanol–water partition coefficient (Wildman–Crippen LogP) is 3.15. The van der Waals surface area contributed by atoms with E-state index in [9.17, 15) is 4.79 Å². The largest absolute Gasteiger partial charge is 0.351 e. The zero-order valence-electron chi connectivity index (χ0n) is 11.5. The minimum atomic E-state index is -0.304. The number of carbonyl (C=O) groups excluding carboxylic acids is 1. The van der Waals surface area contributed by atoms with Crippen molar-refractivity contribution >= 4 is 33.2 Å². The van der Waals surface area contributed by atoms with E-state index in [1.807, 2.05) is 12.1 Å². The van der Waals surface area contributed by atoms with Crippen molar-refractivity contribution in [2.75, 3.05) is 13.1 Å². The minimum absolute atomic E-state index is 0.158. The summed E-state index contributed by atoms with van der Waals surface area (Å²) in [5.41, 5.74) is -0.304. The first-order valence-corrected chi connectivity index (χ1v) is 8.34. The van der Waals surface area contributed by atoms with Crippen LogP contribution in [-0.2, 0) is 11.3 Å². The molecule has 0 aromatic carbocycles. The first-order chi connectivity index (χ1) is 9.00. The Morgan fingerprint density at radius 3 is 2.95 bits per heavy atom. The summed E-state index contributed by atoms with van der Waals surface area (Å²) in [5.74, 6) is 0.585. The molecule has 1 saturated heterocycles. The van der Waals surface area contributed by atoms with Crippen LogP contribution in [0, 0.1) is 11.3 Å². The highest BCUT2D eigenvalue weighted by Crippen LogP contribution is 2.32. The van der Waals surface area contributed by atoms with Crippen molar-refractivity contribution in [2.24, 2.45) is 11.3 Å². The Hall–Kier alpha value is -0.390. The van der Waals surface area contributed by atoms with E-state index in [4.69, 9.17) is 0 Å². The van der Waals surface area contributed by atoms with Crippen molar-refractivity contribution in [2.45, 2.75) is 33.2 Å². The average molecular weight is 345 g/mol. The molecule has 1 atom stereocenters. The van der Waals surface area contributed by atoms with Gasteiger partial charge in [0.15, 0.2) is 0 Å². The summed E-state index contributed by atoms with van der Waals surface area (Å²) in [6, 6.07) is 4.06. The molecule has 0 bridgehead atoms. The fraction of sp³-hybridized carbons (Fsp3) is 0.643. The molecule has 2 N–H and O–H groups in total. The average Bonchev–Trinajstić information content (AvgIpc) is 2.82. The van der Waals surface area contributed by atoms with E-state index in [1.54, 1.807) is 11.3 Å². The maximum Gasteiger partial charge on any atom is 0.226 e. The minimum Gasteiger partial charge on any atom is -0.351 e. The molecular formula is C14H21BrN2OS. The van der Waals surface area contributed by atoms with Crippen LogP contribution in [0.1, 0.15) is 31.6 Å². The number of thiophene rings is 1. The molecule has 0 radical (unpaired) electrons. The van der Waals surface area contributed by atoms with Gasteiger partial charge in [0, 0.05) is 10.3 Å². The second kappa shape index (κ2) is 6.37. The van der Waals surface area contributed by atoms with Gasteiger partial charge < -0.3 is 10.6 Å².